The van der Waals surface area contributed by atoms with Crippen LogP contribution < -0.4 is 5.19 Å². The zero-order valence-corrected chi connectivity index (χ0v) is 14.5. The number of carbonyl (C=O) groups is 2. The highest BCUT2D eigenvalue weighted by molar-refractivity contribution is 6.88. The lowest BCUT2D eigenvalue weighted by Gasteiger charge is -2.16. The number of rotatable bonds is 5. The van der Waals surface area contributed by atoms with Crippen molar-refractivity contribution in [1.82, 2.24) is 0 Å². The van der Waals surface area contributed by atoms with Gasteiger partial charge in [0.15, 0.2) is 5.78 Å². The van der Waals surface area contributed by atoms with Gasteiger partial charge in [-0.25, -0.2) is 4.79 Å². The second kappa shape index (κ2) is 6.75. The second-order valence-corrected chi connectivity index (χ2v) is 11.5. The van der Waals surface area contributed by atoms with Crippen LogP contribution >= 0.6 is 0 Å². The predicted octanol–water partition coefficient (Wildman–Crippen LogP) is 3.83. The average Bonchev–Trinajstić information content (AvgIpc) is 2.52. The third kappa shape index (κ3) is 4.50. The molecular weight excluding hydrogens is 304 g/mol. The summed E-state index contributed by atoms with van der Waals surface area (Å²) in [5.41, 5.74) is 1.68. The summed E-state index contributed by atoms with van der Waals surface area (Å²) < 4.78 is 0. The van der Waals surface area contributed by atoms with E-state index in [-0.39, 0.29) is 11.3 Å². The molecule has 0 bridgehead atoms. The van der Waals surface area contributed by atoms with E-state index in [0.29, 0.717) is 5.56 Å². The Morgan fingerprint density at radius 2 is 1.39 bits per heavy atom. The van der Waals surface area contributed by atoms with E-state index in [1.807, 2.05) is 24.3 Å². The fraction of sp³-hybridized carbons (Fsp3) is 0.158. The van der Waals surface area contributed by atoms with E-state index < -0.39 is 14.0 Å². The normalized spacial score (nSPS) is 11.6. The first-order valence-electron chi connectivity index (χ1n) is 7.44. The van der Waals surface area contributed by atoms with Crippen molar-refractivity contribution in [3.63, 3.8) is 0 Å². The molecule has 2 aromatic rings. The Hall–Kier alpha value is -2.46. The molecule has 1 N–H and O–H groups in total. The Morgan fingerprint density at radius 1 is 0.870 bits per heavy atom. The van der Waals surface area contributed by atoms with Gasteiger partial charge in [0.05, 0.1) is 13.6 Å². The standard InChI is InChI=1S/C19H20O3Si/c1-23(2,3)17-11-9-15(10-12-17)18(20)13-6-14-4-7-16(8-5-14)19(21)22/h4-13H,1-3H3,(H,21,22)/b13-6+. The van der Waals surface area contributed by atoms with Gasteiger partial charge in [-0.3, -0.25) is 4.79 Å². The molecule has 0 aliphatic carbocycles. The summed E-state index contributed by atoms with van der Waals surface area (Å²) in [7, 11) is -1.35. The minimum atomic E-state index is -1.35. The first kappa shape index (κ1) is 16.9. The summed E-state index contributed by atoms with van der Waals surface area (Å²) >= 11 is 0. The highest BCUT2D eigenvalue weighted by Crippen LogP contribution is 2.09. The number of carbonyl (C=O) groups excluding carboxylic acids is 1. The van der Waals surface area contributed by atoms with Crippen LogP contribution in [0.5, 0.6) is 0 Å². The molecule has 23 heavy (non-hydrogen) atoms. The van der Waals surface area contributed by atoms with Crippen molar-refractivity contribution in [1.29, 1.82) is 0 Å². The summed E-state index contributed by atoms with van der Waals surface area (Å²) in [6.07, 6.45) is 3.21. The number of aromatic carboxylic acids is 1. The van der Waals surface area contributed by atoms with Crippen molar-refractivity contribution >= 4 is 31.1 Å². The van der Waals surface area contributed by atoms with Crippen molar-refractivity contribution < 1.29 is 14.7 Å². The SMILES string of the molecule is C[Si](C)(C)c1ccc(C(=O)/C=C/c2ccc(C(=O)O)cc2)cc1. The van der Waals surface area contributed by atoms with Crippen LogP contribution in [0.4, 0.5) is 0 Å². The molecule has 0 radical (unpaired) electrons. The lowest BCUT2D eigenvalue weighted by Crippen LogP contribution is -2.37. The maximum atomic E-state index is 12.2. The minimum absolute atomic E-state index is 0.0607. The fourth-order valence-electron chi connectivity index (χ4n) is 2.14. The highest BCUT2D eigenvalue weighted by Gasteiger charge is 2.16. The number of hydrogen-bond acceptors (Lipinski definition) is 2. The van der Waals surface area contributed by atoms with Crippen LogP contribution in [0.1, 0.15) is 26.3 Å². The van der Waals surface area contributed by atoms with Gasteiger partial charge in [-0.05, 0) is 23.8 Å². The smallest absolute Gasteiger partial charge is 0.335 e. The summed E-state index contributed by atoms with van der Waals surface area (Å²) in [5, 5.41) is 10.2. The molecule has 0 heterocycles. The maximum absolute atomic E-state index is 12.2. The van der Waals surface area contributed by atoms with Crippen molar-refractivity contribution in [2.45, 2.75) is 19.6 Å². The van der Waals surface area contributed by atoms with Gasteiger partial charge in [-0.1, -0.05) is 67.3 Å². The number of benzene rings is 2. The van der Waals surface area contributed by atoms with E-state index in [1.165, 1.54) is 23.4 Å². The van der Waals surface area contributed by atoms with E-state index in [0.717, 1.165) is 5.56 Å². The third-order valence-corrected chi connectivity index (χ3v) is 5.69. The number of hydrogen-bond donors (Lipinski definition) is 1. The van der Waals surface area contributed by atoms with E-state index in [2.05, 4.69) is 19.6 Å². The summed E-state index contributed by atoms with van der Waals surface area (Å²) in [6, 6.07) is 14.2. The van der Waals surface area contributed by atoms with Crippen LogP contribution in [0.3, 0.4) is 0 Å². The Morgan fingerprint density at radius 3 is 1.87 bits per heavy atom. The van der Waals surface area contributed by atoms with Crippen LogP contribution in [-0.4, -0.2) is 24.9 Å². The Balaban J connectivity index is 2.10. The molecule has 0 saturated heterocycles. The molecule has 2 aromatic carbocycles. The van der Waals surface area contributed by atoms with Gasteiger partial charge in [-0.15, -0.1) is 0 Å². The molecule has 2 rings (SSSR count). The van der Waals surface area contributed by atoms with Crippen molar-refractivity contribution in [3.8, 4) is 0 Å². The Labute approximate surface area is 137 Å². The molecule has 0 fully saturated rings. The lowest BCUT2D eigenvalue weighted by atomic mass is 10.1. The van der Waals surface area contributed by atoms with Crippen molar-refractivity contribution in [2.75, 3.05) is 0 Å². The molecule has 3 nitrogen and oxygen atoms in total. The second-order valence-electron chi connectivity index (χ2n) is 6.45. The maximum Gasteiger partial charge on any atom is 0.335 e. The zero-order chi connectivity index (χ0) is 17.0. The number of carboxylic acid groups (broad SMARTS) is 1. The van der Waals surface area contributed by atoms with Gasteiger partial charge in [-0.2, -0.15) is 0 Å². The molecule has 0 spiro atoms. The molecule has 0 saturated carbocycles. The van der Waals surface area contributed by atoms with Crippen molar-refractivity contribution in [3.05, 3.63) is 71.3 Å². The molecule has 118 valence electrons. The Bertz CT molecular complexity index is 736. The molecule has 0 aliphatic heterocycles. The Kier molecular flexibility index (Phi) is 4.96. The third-order valence-electron chi connectivity index (χ3n) is 3.62. The molecule has 0 aromatic heterocycles. The molecule has 0 aliphatic rings. The van der Waals surface area contributed by atoms with Crippen LogP contribution in [0.2, 0.25) is 19.6 Å². The molecule has 4 heteroatoms. The largest absolute Gasteiger partial charge is 0.478 e. The molecular formula is C19H20O3Si. The van der Waals surface area contributed by atoms with Gasteiger partial charge in [0, 0.05) is 5.56 Å². The summed E-state index contributed by atoms with van der Waals surface area (Å²) in [5.74, 6) is -1.02. The zero-order valence-electron chi connectivity index (χ0n) is 13.5. The van der Waals surface area contributed by atoms with Crippen LogP contribution in [0.15, 0.2) is 54.6 Å². The molecule has 0 amide bonds. The summed E-state index contributed by atoms with van der Waals surface area (Å²) in [4.78, 5) is 23.0. The number of carboxylic acids is 1. The highest BCUT2D eigenvalue weighted by atomic mass is 28.3. The van der Waals surface area contributed by atoms with Crippen molar-refractivity contribution in [2.24, 2.45) is 0 Å². The first-order valence-corrected chi connectivity index (χ1v) is 10.9. The quantitative estimate of drug-likeness (QED) is 0.517. The topological polar surface area (TPSA) is 54.4 Å². The van der Waals surface area contributed by atoms with Gasteiger partial charge in [0.1, 0.15) is 0 Å². The van der Waals surface area contributed by atoms with Crippen LogP contribution in [-0.2, 0) is 0 Å². The fourth-order valence-corrected chi connectivity index (χ4v) is 3.31. The molecule has 0 atom stereocenters. The minimum Gasteiger partial charge on any atom is -0.478 e. The van der Waals surface area contributed by atoms with Gasteiger partial charge < -0.3 is 5.11 Å². The monoisotopic (exact) mass is 324 g/mol. The first-order chi connectivity index (χ1) is 10.8. The van der Waals surface area contributed by atoms with Gasteiger partial charge in [0.25, 0.3) is 0 Å². The number of ketones is 1. The molecule has 0 unspecified atom stereocenters. The average molecular weight is 324 g/mol. The van der Waals surface area contributed by atoms with E-state index >= 15 is 0 Å². The van der Waals surface area contributed by atoms with E-state index in [1.54, 1.807) is 18.2 Å². The van der Waals surface area contributed by atoms with E-state index in [9.17, 15) is 9.59 Å². The van der Waals surface area contributed by atoms with Gasteiger partial charge >= 0.3 is 5.97 Å². The lowest BCUT2D eigenvalue weighted by molar-refractivity contribution is 0.0696. The number of allylic oxidation sites excluding steroid dienone is 1. The van der Waals surface area contributed by atoms with Crippen LogP contribution in [0, 0.1) is 0 Å². The summed E-state index contributed by atoms with van der Waals surface area (Å²) in [6.45, 7) is 6.81. The van der Waals surface area contributed by atoms with Gasteiger partial charge in [0.2, 0.25) is 0 Å². The van der Waals surface area contributed by atoms with Crippen LogP contribution in [0.25, 0.3) is 6.08 Å². The van der Waals surface area contributed by atoms with E-state index in [4.69, 9.17) is 5.11 Å². The predicted molar refractivity (Wildman–Crippen MR) is 96.2 cm³/mol.